The van der Waals surface area contributed by atoms with Crippen molar-refractivity contribution in [2.45, 2.75) is 0 Å². The summed E-state index contributed by atoms with van der Waals surface area (Å²) in [4.78, 5) is 12.0. The van der Waals surface area contributed by atoms with E-state index in [9.17, 15) is 4.79 Å². The Morgan fingerprint density at radius 2 is 1.77 bits per heavy atom. The molecule has 0 aliphatic rings. The highest BCUT2D eigenvalue weighted by Crippen LogP contribution is 2.28. The first-order chi connectivity index (χ1) is 10.7. The summed E-state index contributed by atoms with van der Waals surface area (Å²) in [5.74, 6) is -0.449. The second-order valence-corrected chi connectivity index (χ2v) is 5.04. The molecular formula is C17H13ClN2O2. The van der Waals surface area contributed by atoms with Gasteiger partial charge in [0.05, 0.1) is 23.5 Å². The van der Waals surface area contributed by atoms with Gasteiger partial charge in [-0.2, -0.15) is 5.10 Å². The molecule has 110 valence electrons. The SMILES string of the molecule is COC(=O)c1cc(-c2ccccc2Cl)nn1-c1ccccc1. The second-order valence-electron chi connectivity index (χ2n) is 4.63. The van der Waals surface area contributed by atoms with E-state index in [0.29, 0.717) is 16.4 Å². The van der Waals surface area contributed by atoms with Crippen LogP contribution in [0.5, 0.6) is 0 Å². The molecule has 2 aromatic carbocycles. The van der Waals surface area contributed by atoms with Gasteiger partial charge in [-0.25, -0.2) is 9.48 Å². The van der Waals surface area contributed by atoms with E-state index in [-0.39, 0.29) is 0 Å². The molecule has 22 heavy (non-hydrogen) atoms. The minimum atomic E-state index is -0.449. The van der Waals surface area contributed by atoms with Gasteiger partial charge in [-0.3, -0.25) is 0 Å². The summed E-state index contributed by atoms with van der Waals surface area (Å²) in [6.07, 6.45) is 0. The normalized spacial score (nSPS) is 10.5. The van der Waals surface area contributed by atoms with Crippen LogP contribution in [0.1, 0.15) is 10.5 Å². The van der Waals surface area contributed by atoms with Crippen molar-refractivity contribution in [3.8, 4) is 16.9 Å². The molecule has 4 nitrogen and oxygen atoms in total. The number of methoxy groups -OCH3 is 1. The van der Waals surface area contributed by atoms with Gasteiger partial charge in [-0.15, -0.1) is 0 Å². The summed E-state index contributed by atoms with van der Waals surface area (Å²) in [6.45, 7) is 0. The highest BCUT2D eigenvalue weighted by atomic mass is 35.5. The molecule has 0 fully saturated rings. The maximum Gasteiger partial charge on any atom is 0.356 e. The van der Waals surface area contributed by atoms with Gasteiger partial charge >= 0.3 is 5.97 Å². The van der Waals surface area contributed by atoms with E-state index in [4.69, 9.17) is 16.3 Å². The number of nitrogens with zero attached hydrogens (tertiary/aromatic N) is 2. The molecule has 1 heterocycles. The minimum Gasteiger partial charge on any atom is -0.464 e. The predicted molar refractivity (Wildman–Crippen MR) is 85.3 cm³/mol. The lowest BCUT2D eigenvalue weighted by Gasteiger charge is -2.05. The van der Waals surface area contributed by atoms with Gasteiger partial charge in [-0.1, -0.05) is 48.0 Å². The standard InChI is InChI=1S/C17H13ClN2O2/c1-22-17(21)16-11-15(13-9-5-6-10-14(13)18)19-20(16)12-7-3-2-4-8-12/h2-11H,1H3. The number of hydrogen-bond donors (Lipinski definition) is 0. The van der Waals surface area contributed by atoms with Gasteiger partial charge < -0.3 is 4.74 Å². The number of ether oxygens (including phenoxy) is 1. The molecule has 0 saturated heterocycles. The fraction of sp³-hybridized carbons (Fsp3) is 0.0588. The fourth-order valence-corrected chi connectivity index (χ4v) is 2.43. The topological polar surface area (TPSA) is 44.1 Å². The van der Waals surface area contributed by atoms with Crippen molar-refractivity contribution < 1.29 is 9.53 Å². The number of rotatable bonds is 3. The highest BCUT2D eigenvalue weighted by Gasteiger charge is 2.18. The molecule has 3 aromatic rings. The van der Waals surface area contributed by atoms with Crippen LogP contribution in [-0.2, 0) is 4.74 Å². The zero-order valence-electron chi connectivity index (χ0n) is 11.9. The average Bonchev–Trinajstić information content (AvgIpc) is 3.00. The van der Waals surface area contributed by atoms with E-state index in [1.54, 1.807) is 16.8 Å². The van der Waals surface area contributed by atoms with Gasteiger partial charge in [0.15, 0.2) is 5.69 Å². The van der Waals surface area contributed by atoms with Gasteiger partial charge in [0.1, 0.15) is 0 Å². The number of para-hydroxylation sites is 1. The Morgan fingerprint density at radius 3 is 2.45 bits per heavy atom. The molecule has 0 atom stereocenters. The summed E-state index contributed by atoms with van der Waals surface area (Å²) in [7, 11) is 1.35. The molecular weight excluding hydrogens is 300 g/mol. The lowest BCUT2D eigenvalue weighted by Crippen LogP contribution is -2.09. The summed E-state index contributed by atoms with van der Waals surface area (Å²) >= 11 is 6.21. The van der Waals surface area contributed by atoms with Crippen LogP contribution in [0.25, 0.3) is 16.9 Å². The van der Waals surface area contributed by atoms with E-state index < -0.39 is 5.97 Å². The molecule has 0 spiro atoms. The third-order valence-corrected chi connectivity index (χ3v) is 3.58. The molecule has 0 unspecified atom stereocenters. The predicted octanol–water partition coefficient (Wildman–Crippen LogP) is 3.98. The Labute approximate surface area is 132 Å². The highest BCUT2D eigenvalue weighted by molar-refractivity contribution is 6.33. The number of aromatic nitrogens is 2. The van der Waals surface area contributed by atoms with Crippen molar-refractivity contribution in [2.75, 3.05) is 7.11 Å². The van der Waals surface area contributed by atoms with E-state index in [2.05, 4.69) is 5.10 Å². The second kappa shape index (κ2) is 6.03. The quantitative estimate of drug-likeness (QED) is 0.687. The largest absolute Gasteiger partial charge is 0.464 e. The summed E-state index contributed by atoms with van der Waals surface area (Å²) < 4.78 is 6.41. The van der Waals surface area contributed by atoms with Crippen molar-refractivity contribution in [1.82, 2.24) is 9.78 Å². The monoisotopic (exact) mass is 312 g/mol. The number of carbonyl (C=O) groups is 1. The van der Waals surface area contributed by atoms with E-state index in [0.717, 1.165) is 11.3 Å². The van der Waals surface area contributed by atoms with Crippen LogP contribution in [-0.4, -0.2) is 22.9 Å². The molecule has 0 aliphatic carbocycles. The number of esters is 1. The van der Waals surface area contributed by atoms with Crippen LogP contribution in [0.2, 0.25) is 5.02 Å². The first kappa shape index (κ1) is 14.4. The number of hydrogen-bond acceptors (Lipinski definition) is 3. The van der Waals surface area contributed by atoms with Crippen molar-refractivity contribution in [1.29, 1.82) is 0 Å². The van der Waals surface area contributed by atoms with E-state index in [1.807, 2.05) is 48.5 Å². The van der Waals surface area contributed by atoms with Crippen molar-refractivity contribution in [3.05, 3.63) is 71.4 Å². The smallest absolute Gasteiger partial charge is 0.356 e. The van der Waals surface area contributed by atoms with Crippen LogP contribution >= 0.6 is 11.6 Å². The third-order valence-electron chi connectivity index (χ3n) is 3.25. The third kappa shape index (κ3) is 2.61. The molecule has 0 amide bonds. The lowest BCUT2D eigenvalue weighted by atomic mass is 10.1. The van der Waals surface area contributed by atoms with Gasteiger partial charge in [0.2, 0.25) is 0 Å². The Bertz CT molecular complexity index is 813. The molecule has 0 radical (unpaired) electrons. The summed E-state index contributed by atoms with van der Waals surface area (Å²) in [6, 6.07) is 18.5. The number of halogens is 1. The molecule has 0 aliphatic heterocycles. The molecule has 0 saturated carbocycles. The Morgan fingerprint density at radius 1 is 1.09 bits per heavy atom. The van der Waals surface area contributed by atoms with Gasteiger partial charge in [0.25, 0.3) is 0 Å². The maximum absolute atomic E-state index is 12.0. The number of benzene rings is 2. The van der Waals surface area contributed by atoms with Crippen molar-refractivity contribution in [2.24, 2.45) is 0 Å². The Balaban J connectivity index is 2.18. The van der Waals surface area contributed by atoms with Crippen molar-refractivity contribution >= 4 is 17.6 Å². The number of carbonyl (C=O) groups excluding carboxylic acids is 1. The summed E-state index contributed by atoms with van der Waals surface area (Å²) in [5, 5.41) is 5.09. The van der Waals surface area contributed by atoms with E-state index in [1.165, 1.54) is 7.11 Å². The summed E-state index contributed by atoms with van der Waals surface area (Å²) in [5.41, 5.74) is 2.52. The fourth-order valence-electron chi connectivity index (χ4n) is 2.20. The minimum absolute atomic E-state index is 0.351. The first-order valence-corrected chi connectivity index (χ1v) is 7.07. The lowest BCUT2D eigenvalue weighted by molar-refractivity contribution is 0.0590. The van der Waals surface area contributed by atoms with E-state index >= 15 is 0 Å². The van der Waals surface area contributed by atoms with Crippen LogP contribution in [0.3, 0.4) is 0 Å². The van der Waals surface area contributed by atoms with Crippen LogP contribution in [0.15, 0.2) is 60.7 Å². The molecule has 5 heteroatoms. The molecule has 0 bridgehead atoms. The van der Waals surface area contributed by atoms with Crippen LogP contribution in [0, 0.1) is 0 Å². The van der Waals surface area contributed by atoms with Crippen molar-refractivity contribution in [3.63, 3.8) is 0 Å². The van der Waals surface area contributed by atoms with Crippen LogP contribution < -0.4 is 0 Å². The average molecular weight is 313 g/mol. The van der Waals surface area contributed by atoms with Crippen LogP contribution in [0.4, 0.5) is 0 Å². The van der Waals surface area contributed by atoms with Gasteiger partial charge in [0, 0.05) is 5.56 Å². The van der Waals surface area contributed by atoms with Gasteiger partial charge in [-0.05, 0) is 24.3 Å². The Hall–Kier alpha value is -2.59. The Kier molecular flexibility index (Phi) is 3.94. The zero-order chi connectivity index (χ0) is 15.5. The molecule has 3 rings (SSSR count). The maximum atomic E-state index is 12.0. The molecule has 0 N–H and O–H groups in total. The molecule has 1 aromatic heterocycles. The zero-order valence-corrected chi connectivity index (χ0v) is 12.6. The first-order valence-electron chi connectivity index (χ1n) is 6.69.